The minimum Gasteiger partial charge on any atom is -0.377 e. The van der Waals surface area contributed by atoms with Crippen LogP contribution in [0.2, 0.25) is 0 Å². The molecule has 3 nitrogen and oxygen atoms in total. The maximum Gasteiger partial charge on any atom is 0.0594 e. The topological polar surface area (TPSA) is 33.3 Å². The maximum absolute atomic E-state index is 5.45. The molecule has 0 aromatic carbocycles. The quantitative estimate of drug-likeness (QED) is 0.622. The van der Waals surface area contributed by atoms with Gasteiger partial charge in [0.25, 0.3) is 0 Å². The second-order valence-corrected chi connectivity index (χ2v) is 3.92. The molecular formula is C10H22N2O. The molecule has 1 atom stereocenters. The minimum atomic E-state index is 0.353. The summed E-state index contributed by atoms with van der Waals surface area (Å²) in [6, 6.07) is 0.657. The highest BCUT2D eigenvalue weighted by Crippen LogP contribution is 2.00. The first kappa shape index (κ1) is 11.0. The summed E-state index contributed by atoms with van der Waals surface area (Å²) in [7, 11) is 0. The van der Waals surface area contributed by atoms with Crippen molar-refractivity contribution in [2.45, 2.75) is 38.8 Å². The van der Waals surface area contributed by atoms with Crippen molar-refractivity contribution in [2.75, 3.05) is 26.2 Å². The number of nitrogens with one attached hydrogen (secondary N) is 2. The predicted molar refractivity (Wildman–Crippen MR) is 55.0 cm³/mol. The van der Waals surface area contributed by atoms with Crippen molar-refractivity contribution in [1.82, 2.24) is 10.6 Å². The Morgan fingerprint density at radius 2 is 2.38 bits per heavy atom. The van der Waals surface area contributed by atoms with E-state index in [1.807, 2.05) is 0 Å². The molecule has 1 unspecified atom stereocenters. The lowest BCUT2D eigenvalue weighted by molar-refractivity contribution is 0.0788. The summed E-state index contributed by atoms with van der Waals surface area (Å²) in [4.78, 5) is 0. The Hall–Kier alpha value is -0.120. The predicted octanol–water partition coefficient (Wildman–Crippen LogP) is 0.753. The van der Waals surface area contributed by atoms with Gasteiger partial charge in [-0.05, 0) is 33.2 Å². The Morgan fingerprint density at radius 3 is 3.00 bits per heavy atom. The number of hydrogen-bond acceptors (Lipinski definition) is 3. The molecule has 1 fully saturated rings. The molecule has 0 spiro atoms. The fourth-order valence-electron chi connectivity index (χ4n) is 1.58. The molecule has 0 saturated carbocycles. The number of rotatable bonds is 5. The van der Waals surface area contributed by atoms with Crippen LogP contribution in [-0.2, 0) is 4.74 Å². The van der Waals surface area contributed by atoms with Gasteiger partial charge in [-0.1, -0.05) is 0 Å². The van der Waals surface area contributed by atoms with Crippen molar-refractivity contribution in [3.8, 4) is 0 Å². The fourth-order valence-corrected chi connectivity index (χ4v) is 1.58. The summed E-state index contributed by atoms with van der Waals surface area (Å²) in [6.07, 6.45) is 2.95. The standard InChI is InChI=1S/C10H22N2O/c1-9(2)13-7-6-12-10-4-3-5-11-8-10/h9-12H,3-8H2,1-2H3. The lowest BCUT2D eigenvalue weighted by atomic mass is 10.1. The molecule has 13 heavy (non-hydrogen) atoms. The van der Waals surface area contributed by atoms with Gasteiger partial charge in [-0.3, -0.25) is 0 Å². The van der Waals surface area contributed by atoms with Crippen LogP contribution >= 0.6 is 0 Å². The zero-order chi connectivity index (χ0) is 9.52. The summed E-state index contributed by atoms with van der Waals surface area (Å²) >= 11 is 0. The smallest absolute Gasteiger partial charge is 0.0594 e. The number of ether oxygens (including phenoxy) is 1. The van der Waals surface area contributed by atoms with Crippen LogP contribution in [0, 0.1) is 0 Å². The molecule has 1 aliphatic heterocycles. The van der Waals surface area contributed by atoms with Crippen LogP contribution in [0.25, 0.3) is 0 Å². The van der Waals surface area contributed by atoms with Gasteiger partial charge in [0.15, 0.2) is 0 Å². The molecule has 1 aliphatic rings. The Bertz CT molecular complexity index is 122. The highest BCUT2D eigenvalue weighted by Gasteiger charge is 2.10. The van der Waals surface area contributed by atoms with Crippen LogP contribution in [-0.4, -0.2) is 38.4 Å². The Balaban J connectivity index is 1.92. The van der Waals surface area contributed by atoms with E-state index in [-0.39, 0.29) is 0 Å². The SMILES string of the molecule is CC(C)OCCNC1CCCNC1. The first-order valence-corrected chi connectivity index (χ1v) is 5.34. The van der Waals surface area contributed by atoms with Gasteiger partial charge in [0.05, 0.1) is 12.7 Å². The van der Waals surface area contributed by atoms with Gasteiger partial charge in [0.1, 0.15) is 0 Å². The molecule has 0 amide bonds. The van der Waals surface area contributed by atoms with Gasteiger partial charge in [0, 0.05) is 19.1 Å². The largest absolute Gasteiger partial charge is 0.377 e. The van der Waals surface area contributed by atoms with E-state index in [0.717, 1.165) is 19.7 Å². The minimum absolute atomic E-state index is 0.353. The zero-order valence-electron chi connectivity index (χ0n) is 8.81. The van der Waals surface area contributed by atoms with Crippen molar-refractivity contribution in [1.29, 1.82) is 0 Å². The van der Waals surface area contributed by atoms with Crippen LogP contribution in [0.1, 0.15) is 26.7 Å². The first-order valence-electron chi connectivity index (χ1n) is 5.34. The Labute approximate surface area is 81.2 Å². The molecule has 2 N–H and O–H groups in total. The molecule has 78 valence electrons. The lowest BCUT2D eigenvalue weighted by Crippen LogP contribution is -2.44. The van der Waals surface area contributed by atoms with E-state index in [2.05, 4.69) is 24.5 Å². The third-order valence-electron chi connectivity index (χ3n) is 2.28. The zero-order valence-corrected chi connectivity index (χ0v) is 8.81. The fraction of sp³-hybridized carbons (Fsp3) is 1.00. The van der Waals surface area contributed by atoms with Crippen molar-refractivity contribution in [3.63, 3.8) is 0 Å². The van der Waals surface area contributed by atoms with Gasteiger partial charge in [-0.2, -0.15) is 0 Å². The van der Waals surface area contributed by atoms with Gasteiger partial charge < -0.3 is 15.4 Å². The van der Waals surface area contributed by atoms with Crippen molar-refractivity contribution >= 4 is 0 Å². The van der Waals surface area contributed by atoms with Crippen molar-refractivity contribution in [3.05, 3.63) is 0 Å². The molecule has 3 heteroatoms. The molecule has 0 bridgehead atoms. The summed E-state index contributed by atoms with van der Waals surface area (Å²) in [5.41, 5.74) is 0. The lowest BCUT2D eigenvalue weighted by Gasteiger charge is -2.24. The molecule has 1 heterocycles. The highest BCUT2D eigenvalue weighted by atomic mass is 16.5. The second-order valence-electron chi connectivity index (χ2n) is 3.92. The van der Waals surface area contributed by atoms with Crippen LogP contribution in [0.3, 0.4) is 0 Å². The monoisotopic (exact) mass is 186 g/mol. The highest BCUT2D eigenvalue weighted by molar-refractivity contribution is 4.74. The Kier molecular flexibility index (Phi) is 5.35. The van der Waals surface area contributed by atoms with Crippen LogP contribution in [0.15, 0.2) is 0 Å². The number of piperidine rings is 1. The summed E-state index contributed by atoms with van der Waals surface area (Å²) in [5.74, 6) is 0. The summed E-state index contributed by atoms with van der Waals surface area (Å²) in [6.45, 7) is 8.24. The molecule has 0 aromatic heterocycles. The normalized spacial score (nSPS) is 23.8. The molecule has 0 aromatic rings. The van der Waals surface area contributed by atoms with Crippen LogP contribution in [0.4, 0.5) is 0 Å². The van der Waals surface area contributed by atoms with Gasteiger partial charge in [-0.25, -0.2) is 0 Å². The van der Waals surface area contributed by atoms with Gasteiger partial charge in [-0.15, -0.1) is 0 Å². The second kappa shape index (κ2) is 6.35. The van der Waals surface area contributed by atoms with Crippen LogP contribution < -0.4 is 10.6 Å². The van der Waals surface area contributed by atoms with Crippen LogP contribution in [0.5, 0.6) is 0 Å². The summed E-state index contributed by atoms with van der Waals surface area (Å²) in [5, 5.41) is 6.87. The van der Waals surface area contributed by atoms with E-state index < -0.39 is 0 Å². The molecule has 1 saturated heterocycles. The van der Waals surface area contributed by atoms with Gasteiger partial charge in [0.2, 0.25) is 0 Å². The molecule has 0 radical (unpaired) electrons. The number of hydrogen-bond donors (Lipinski definition) is 2. The van der Waals surface area contributed by atoms with E-state index >= 15 is 0 Å². The molecular weight excluding hydrogens is 164 g/mol. The van der Waals surface area contributed by atoms with Crippen molar-refractivity contribution < 1.29 is 4.74 Å². The molecule has 1 rings (SSSR count). The van der Waals surface area contributed by atoms with Crippen molar-refractivity contribution in [2.24, 2.45) is 0 Å². The third kappa shape index (κ3) is 5.24. The van der Waals surface area contributed by atoms with E-state index in [4.69, 9.17) is 4.74 Å². The average Bonchev–Trinajstić information content (AvgIpc) is 2.14. The average molecular weight is 186 g/mol. The maximum atomic E-state index is 5.45. The van der Waals surface area contributed by atoms with E-state index in [1.54, 1.807) is 0 Å². The van der Waals surface area contributed by atoms with E-state index in [0.29, 0.717) is 12.1 Å². The molecule has 0 aliphatic carbocycles. The van der Waals surface area contributed by atoms with E-state index in [1.165, 1.54) is 19.4 Å². The first-order chi connectivity index (χ1) is 6.29. The third-order valence-corrected chi connectivity index (χ3v) is 2.28. The summed E-state index contributed by atoms with van der Waals surface area (Å²) < 4.78 is 5.45. The van der Waals surface area contributed by atoms with Gasteiger partial charge >= 0.3 is 0 Å². The Morgan fingerprint density at radius 1 is 1.54 bits per heavy atom. The van der Waals surface area contributed by atoms with E-state index in [9.17, 15) is 0 Å².